The van der Waals surface area contributed by atoms with Gasteiger partial charge in [-0.3, -0.25) is 4.79 Å². The van der Waals surface area contributed by atoms with Gasteiger partial charge in [-0.15, -0.1) is 0 Å². The molecule has 0 radical (unpaired) electrons. The number of nitrogens with one attached hydrogen (secondary N) is 1. The molecule has 1 saturated carbocycles. The summed E-state index contributed by atoms with van der Waals surface area (Å²) in [7, 11) is 0. The first kappa shape index (κ1) is 19.3. The summed E-state index contributed by atoms with van der Waals surface area (Å²) in [5.41, 5.74) is 0.404. The molecule has 5 nitrogen and oxygen atoms in total. The van der Waals surface area contributed by atoms with Crippen molar-refractivity contribution < 1.29 is 19.1 Å². The third-order valence-electron chi connectivity index (χ3n) is 4.55. The molecule has 1 aromatic carbocycles. The summed E-state index contributed by atoms with van der Waals surface area (Å²) < 4.78 is 10.9. The highest BCUT2D eigenvalue weighted by atomic mass is 16.5. The van der Waals surface area contributed by atoms with Crippen molar-refractivity contribution in [3.05, 3.63) is 29.8 Å². The summed E-state index contributed by atoms with van der Waals surface area (Å²) >= 11 is 0. The molecule has 5 heteroatoms. The maximum absolute atomic E-state index is 12.3. The zero-order chi connectivity index (χ0) is 18.4. The van der Waals surface area contributed by atoms with Crippen molar-refractivity contribution >= 4 is 11.9 Å². The van der Waals surface area contributed by atoms with E-state index in [2.05, 4.69) is 12.2 Å². The third-order valence-corrected chi connectivity index (χ3v) is 4.55. The lowest BCUT2D eigenvalue weighted by Gasteiger charge is -2.30. The molecule has 0 bridgehead atoms. The van der Waals surface area contributed by atoms with Gasteiger partial charge in [0.25, 0.3) is 5.91 Å². The predicted octanol–water partition coefficient (Wildman–Crippen LogP) is 3.71. The van der Waals surface area contributed by atoms with Crippen LogP contribution in [0.4, 0.5) is 0 Å². The molecular weight excluding hydrogens is 318 g/mol. The average Bonchev–Trinajstić information content (AvgIpc) is 2.56. The van der Waals surface area contributed by atoms with Crippen molar-refractivity contribution in [1.29, 1.82) is 0 Å². The number of amides is 1. The molecule has 0 spiro atoms. The summed E-state index contributed by atoms with van der Waals surface area (Å²) in [6.07, 6.45) is 3.73. The minimum atomic E-state index is -0.812. The molecule has 1 aromatic rings. The van der Waals surface area contributed by atoms with Gasteiger partial charge in [-0.25, -0.2) is 4.79 Å². The molecule has 0 unspecified atom stereocenters. The summed E-state index contributed by atoms with van der Waals surface area (Å²) in [6.45, 7) is 7.64. The van der Waals surface area contributed by atoms with Crippen molar-refractivity contribution in [3.63, 3.8) is 0 Å². The van der Waals surface area contributed by atoms with Gasteiger partial charge in [0.05, 0.1) is 11.7 Å². The molecule has 25 heavy (non-hydrogen) atoms. The minimum Gasteiger partial charge on any atom is -0.491 e. The molecule has 1 aliphatic carbocycles. The Kier molecular flexibility index (Phi) is 6.85. The molecule has 1 aliphatic rings. The summed E-state index contributed by atoms with van der Waals surface area (Å²) in [5.74, 6) is 0.431. The molecule has 0 saturated heterocycles. The summed E-state index contributed by atoms with van der Waals surface area (Å²) in [6, 6.07) is 6.92. The van der Waals surface area contributed by atoms with Crippen LogP contribution in [0.1, 0.15) is 63.7 Å². The molecule has 1 amide bonds. The van der Waals surface area contributed by atoms with Crippen LogP contribution < -0.4 is 10.1 Å². The molecule has 138 valence electrons. The van der Waals surface area contributed by atoms with E-state index < -0.39 is 12.1 Å². The van der Waals surface area contributed by atoms with E-state index in [0.717, 1.165) is 19.3 Å². The van der Waals surface area contributed by atoms with Gasteiger partial charge < -0.3 is 14.8 Å². The Morgan fingerprint density at radius 3 is 2.32 bits per heavy atom. The van der Waals surface area contributed by atoms with E-state index in [4.69, 9.17) is 9.47 Å². The van der Waals surface area contributed by atoms with E-state index in [1.165, 1.54) is 6.42 Å². The van der Waals surface area contributed by atoms with Crippen molar-refractivity contribution in [3.8, 4) is 5.75 Å². The fourth-order valence-corrected chi connectivity index (χ4v) is 3.05. The standard InChI is InChI=1S/C20H29NO4/c1-13(2)24-17-11-9-16(10-12-17)20(23)25-15(4)19(22)21-18-8-6-5-7-14(18)3/h9-15,18H,5-8H2,1-4H3,(H,21,22)/t14-,15-,18-/m0/s1. The van der Waals surface area contributed by atoms with E-state index in [1.54, 1.807) is 31.2 Å². The van der Waals surface area contributed by atoms with Crippen LogP contribution in [0.25, 0.3) is 0 Å². The lowest BCUT2D eigenvalue weighted by Crippen LogP contribution is -2.45. The fourth-order valence-electron chi connectivity index (χ4n) is 3.05. The Hall–Kier alpha value is -2.04. The normalized spacial score (nSPS) is 21.5. The molecule has 1 N–H and O–H groups in total. The number of benzene rings is 1. The number of hydrogen-bond donors (Lipinski definition) is 1. The second-order valence-corrected chi connectivity index (χ2v) is 7.12. The second-order valence-electron chi connectivity index (χ2n) is 7.12. The van der Waals surface area contributed by atoms with Crippen LogP contribution in [-0.4, -0.2) is 30.1 Å². The van der Waals surface area contributed by atoms with Crippen molar-refractivity contribution in [2.24, 2.45) is 5.92 Å². The maximum atomic E-state index is 12.3. The first-order chi connectivity index (χ1) is 11.9. The number of carbonyl (C=O) groups excluding carboxylic acids is 2. The van der Waals surface area contributed by atoms with E-state index in [1.807, 2.05) is 13.8 Å². The van der Waals surface area contributed by atoms with Crippen molar-refractivity contribution in [1.82, 2.24) is 5.32 Å². The lowest BCUT2D eigenvalue weighted by atomic mass is 9.86. The van der Waals surface area contributed by atoms with E-state index in [0.29, 0.717) is 17.2 Å². The number of ether oxygens (including phenoxy) is 2. The summed E-state index contributed by atoms with van der Waals surface area (Å²) in [5, 5.41) is 3.02. The monoisotopic (exact) mass is 347 g/mol. The number of esters is 1. The smallest absolute Gasteiger partial charge is 0.338 e. The van der Waals surface area contributed by atoms with Crippen LogP contribution in [0.3, 0.4) is 0 Å². The molecule has 3 atom stereocenters. The highest BCUT2D eigenvalue weighted by Gasteiger charge is 2.26. The number of hydrogen-bond acceptors (Lipinski definition) is 4. The first-order valence-electron chi connectivity index (χ1n) is 9.15. The number of rotatable bonds is 6. The van der Waals surface area contributed by atoms with Crippen LogP contribution in [0, 0.1) is 5.92 Å². The van der Waals surface area contributed by atoms with Crippen LogP contribution in [0.15, 0.2) is 24.3 Å². The Morgan fingerprint density at radius 1 is 1.08 bits per heavy atom. The van der Waals surface area contributed by atoms with Crippen LogP contribution >= 0.6 is 0 Å². The second kappa shape index (κ2) is 8.88. The van der Waals surface area contributed by atoms with Gasteiger partial charge in [-0.05, 0) is 63.8 Å². The fraction of sp³-hybridized carbons (Fsp3) is 0.600. The number of carbonyl (C=O) groups is 2. The molecule has 0 aromatic heterocycles. The van der Waals surface area contributed by atoms with Crippen LogP contribution in [0.5, 0.6) is 5.75 Å². The SMILES string of the molecule is CC(C)Oc1ccc(C(=O)O[C@@H](C)C(=O)N[C@H]2CCCC[C@@H]2C)cc1. The lowest BCUT2D eigenvalue weighted by molar-refractivity contribution is -0.130. The first-order valence-corrected chi connectivity index (χ1v) is 9.15. The van der Waals surface area contributed by atoms with E-state index in [9.17, 15) is 9.59 Å². The van der Waals surface area contributed by atoms with Crippen LogP contribution in [0.2, 0.25) is 0 Å². The highest BCUT2D eigenvalue weighted by molar-refractivity contribution is 5.92. The molecule has 1 fully saturated rings. The Bertz CT molecular complexity index is 582. The van der Waals surface area contributed by atoms with Gasteiger partial charge >= 0.3 is 5.97 Å². The van der Waals surface area contributed by atoms with Crippen LogP contribution in [-0.2, 0) is 9.53 Å². The molecule has 2 rings (SSSR count). The van der Waals surface area contributed by atoms with Gasteiger partial charge in [0.15, 0.2) is 6.10 Å². The largest absolute Gasteiger partial charge is 0.491 e. The topological polar surface area (TPSA) is 64.6 Å². The predicted molar refractivity (Wildman–Crippen MR) is 96.6 cm³/mol. The zero-order valence-corrected chi connectivity index (χ0v) is 15.6. The van der Waals surface area contributed by atoms with Gasteiger partial charge in [0.2, 0.25) is 0 Å². The van der Waals surface area contributed by atoms with Crippen molar-refractivity contribution in [2.75, 3.05) is 0 Å². The van der Waals surface area contributed by atoms with Gasteiger partial charge in [-0.1, -0.05) is 19.8 Å². The third kappa shape index (κ3) is 5.76. The Morgan fingerprint density at radius 2 is 1.72 bits per heavy atom. The molecule has 0 aliphatic heterocycles. The van der Waals surface area contributed by atoms with Crippen molar-refractivity contribution in [2.45, 2.75) is 71.6 Å². The van der Waals surface area contributed by atoms with E-state index >= 15 is 0 Å². The van der Waals surface area contributed by atoms with Gasteiger partial charge in [0, 0.05) is 6.04 Å². The maximum Gasteiger partial charge on any atom is 0.338 e. The van der Waals surface area contributed by atoms with Gasteiger partial charge in [0.1, 0.15) is 5.75 Å². The average molecular weight is 347 g/mol. The molecule has 0 heterocycles. The Balaban J connectivity index is 1.87. The highest BCUT2D eigenvalue weighted by Crippen LogP contribution is 2.24. The van der Waals surface area contributed by atoms with E-state index in [-0.39, 0.29) is 18.1 Å². The quantitative estimate of drug-likeness (QED) is 0.797. The summed E-state index contributed by atoms with van der Waals surface area (Å²) in [4.78, 5) is 24.5. The zero-order valence-electron chi connectivity index (χ0n) is 15.6. The molecular formula is C20H29NO4. The van der Waals surface area contributed by atoms with Gasteiger partial charge in [-0.2, -0.15) is 0 Å². The minimum absolute atomic E-state index is 0.0729. The Labute approximate surface area is 150 Å².